The van der Waals surface area contributed by atoms with Crippen LogP contribution >= 0.6 is 0 Å². The average molecular weight is 490 g/mol. The first kappa shape index (κ1) is 26.9. The van der Waals surface area contributed by atoms with Crippen LogP contribution in [0.3, 0.4) is 0 Å². The molecule has 0 saturated carbocycles. The van der Waals surface area contributed by atoms with Crippen molar-refractivity contribution in [3.63, 3.8) is 0 Å². The van der Waals surface area contributed by atoms with Crippen molar-refractivity contribution < 1.29 is 13.2 Å². The second kappa shape index (κ2) is 11.4. The van der Waals surface area contributed by atoms with Crippen LogP contribution in [-0.4, -0.2) is 81.4 Å². The first-order valence-corrected chi connectivity index (χ1v) is 14.6. The van der Waals surface area contributed by atoms with E-state index in [-0.39, 0.29) is 22.8 Å². The predicted molar refractivity (Wildman–Crippen MR) is 140 cm³/mol. The molecule has 1 aromatic rings. The Morgan fingerprint density at radius 2 is 1.59 bits per heavy atom. The van der Waals surface area contributed by atoms with E-state index in [9.17, 15) is 13.2 Å². The molecule has 0 bridgehead atoms. The van der Waals surface area contributed by atoms with E-state index in [1.54, 1.807) is 0 Å². The van der Waals surface area contributed by atoms with Crippen molar-refractivity contribution in [2.24, 2.45) is 5.41 Å². The van der Waals surface area contributed by atoms with Gasteiger partial charge in [-0.2, -0.15) is 0 Å². The van der Waals surface area contributed by atoms with E-state index in [4.69, 9.17) is 0 Å². The van der Waals surface area contributed by atoms with Gasteiger partial charge in [0.05, 0.1) is 16.9 Å². The summed E-state index contributed by atoms with van der Waals surface area (Å²) in [6.45, 7) is 14.2. The highest BCUT2D eigenvalue weighted by molar-refractivity contribution is 7.91. The normalized spacial score (nSPS) is 21.8. The van der Waals surface area contributed by atoms with Gasteiger partial charge in [0.1, 0.15) is 0 Å². The Bertz CT molecular complexity index is 935. The van der Waals surface area contributed by atoms with Gasteiger partial charge in [-0.15, -0.1) is 0 Å². The molecular weight excluding hydrogens is 446 g/mol. The van der Waals surface area contributed by atoms with E-state index in [1.807, 2.05) is 18.2 Å². The van der Waals surface area contributed by atoms with Crippen molar-refractivity contribution in [1.82, 2.24) is 15.1 Å². The molecule has 2 aliphatic rings. The van der Waals surface area contributed by atoms with Crippen molar-refractivity contribution in [3.05, 3.63) is 47.5 Å². The van der Waals surface area contributed by atoms with Crippen molar-refractivity contribution in [1.29, 1.82) is 0 Å². The number of nitrogens with zero attached hydrogens (tertiary/aromatic N) is 2. The molecule has 1 N–H and O–H groups in total. The first-order chi connectivity index (χ1) is 16.1. The van der Waals surface area contributed by atoms with E-state index in [2.05, 4.69) is 61.0 Å². The van der Waals surface area contributed by atoms with Gasteiger partial charge in [0.15, 0.2) is 9.84 Å². The minimum absolute atomic E-state index is 0.123. The summed E-state index contributed by atoms with van der Waals surface area (Å²) in [5, 5.41) is 3.23. The molecule has 1 aromatic carbocycles. The summed E-state index contributed by atoms with van der Waals surface area (Å²) in [7, 11) is -2.84. The summed E-state index contributed by atoms with van der Waals surface area (Å²) < 4.78 is 23.3. The molecule has 0 atom stereocenters. The van der Waals surface area contributed by atoms with Gasteiger partial charge in [-0.25, -0.2) is 8.42 Å². The monoisotopic (exact) mass is 489 g/mol. The van der Waals surface area contributed by atoms with Crippen molar-refractivity contribution in [2.45, 2.75) is 52.4 Å². The average Bonchev–Trinajstić information content (AvgIpc) is 2.84. The molecule has 2 fully saturated rings. The summed E-state index contributed by atoms with van der Waals surface area (Å²) in [5.74, 6) is 0.666. The highest BCUT2D eigenvalue weighted by atomic mass is 32.2. The number of benzene rings is 1. The number of amides is 1. The molecule has 0 radical (unpaired) electrons. The molecule has 2 saturated heterocycles. The number of rotatable bonds is 9. The molecule has 0 spiro atoms. The van der Waals surface area contributed by atoms with Gasteiger partial charge in [-0.05, 0) is 50.3 Å². The molecular formula is C27H43N3O3S. The predicted octanol–water partition coefficient (Wildman–Crippen LogP) is 3.25. The fourth-order valence-corrected chi connectivity index (χ4v) is 6.12. The third-order valence-corrected chi connectivity index (χ3v) is 9.87. The number of allylic oxidation sites excluding steroid dienone is 1. The van der Waals surface area contributed by atoms with Crippen LogP contribution in [0.5, 0.6) is 0 Å². The zero-order valence-electron chi connectivity index (χ0n) is 21.5. The second-order valence-electron chi connectivity index (χ2n) is 10.6. The van der Waals surface area contributed by atoms with Crippen molar-refractivity contribution in [2.75, 3.05) is 57.3 Å². The van der Waals surface area contributed by atoms with E-state index in [0.29, 0.717) is 19.6 Å². The van der Waals surface area contributed by atoms with Crippen LogP contribution in [0, 0.1) is 5.41 Å². The molecule has 0 aromatic heterocycles. The van der Waals surface area contributed by atoms with E-state index in [1.165, 1.54) is 5.57 Å². The number of carbonyl (C=O) groups is 1. The SMILES string of the molecule is CCC(C)(C)/C(C)=C/CNC(=O)C1(c2ccccc2)CCN(CCN2CCS(=O)(=O)CC2)CC1. The summed E-state index contributed by atoms with van der Waals surface area (Å²) in [4.78, 5) is 18.2. The number of sulfone groups is 1. The Morgan fingerprint density at radius 3 is 2.15 bits per heavy atom. The number of hydrogen-bond donors (Lipinski definition) is 1. The first-order valence-electron chi connectivity index (χ1n) is 12.7. The van der Waals surface area contributed by atoms with Gasteiger partial charge in [0, 0.05) is 32.7 Å². The molecule has 3 rings (SSSR count). The van der Waals surface area contributed by atoms with Gasteiger partial charge >= 0.3 is 0 Å². The lowest BCUT2D eigenvalue weighted by atomic mass is 9.72. The van der Waals surface area contributed by atoms with E-state index < -0.39 is 15.3 Å². The topological polar surface area (TPSA) is 69.7 Å². The van der Waals surface area contributed by atoms with Gasteiger partial charge in [-0.1, -0.05) is 62.8 Å². The Labute approximate surface area is 206 Å². The lowest BCUT2D eigenvalue weighted by Crippen LogP contribution is -2.53. The Morgan fingerprint density at radius 1 is 1.03 bits per heavy atom. The number of hydrogen-bond acceptors (Lipinski definition) is 5. The fraction of sp³-hybridized carbons (Fsp3) is 0.667. The van der Waals surface area contributed by atoms with Crippen LogP contribution in [0.25, 0.3) is 0 Å². The molecule has 0 aliphatic carbocycles. The summed E-state index contributed by atoms with van der Waals surface area (Å²) in [6.07, 6.45) is 4.81. The molecule has 1 amide bonds. The highest BCUT2D eigenvalue weighted by Crippen LogP contribution is 2.36. The molecule has 34 heavy (non-hydrogen) atoms. The van der Waals surface area contributed by atoms with Crippen LogP contribution in [0.2, 0.25) is 0 Å². The standard InChI is InChI=1S/C27H43N3O3S/c1-5-26(3,4)23(2)11-14-28-25(31)27(24-9-7-6-8-10-24)12-15-29(16-13-27)17-18-30-19-21-34(32,33)22-20-30/h6-11H,5,12-22H2,1-4H3,(H,28,31)/b23-11+. The van der Waals surface area contributed by atoms with E-state index in [0.717, 1.165) is 51.0 Å². The number of nitrogens with one attached hydrogen (secondary N) is 1. The van der Waals surface area contributed by atoms with Crippen LogP contribution in [0.15, 0.2) is 42.0 Å². The smallest absolute Gasteiger partial charge is 0.231 e. The molecule has 2 aliphatic heterocycles. The number of piperidine rings is 1. The van der Waals surface area contributed by atoms with Gasteiger partial charge in [0.25, 0.3) is 0 Å². The highest BCUT2D eigenvalue weighted by Gasteiger charge is 2.42. The molecule has 0 unspecified atom stereocenters. The Kier molecular flexibility index (Phi) is 8.98. The van der Waals surface area contributed by atoms with Gasteiger partial charge < -0.3 is 15.1 Å². The maximum atomic E-state index is 13.6. The molecule has 190 valence electrons. The largest absolute Gasteiger partial charge is 0.352 e. The Hall–Kier alpha value is -1.70. The number of likely N-dealkylation sites (tertiary alicyclic amines) is 1. The van der Waals surface area contributed by atoms with Crippen LogP contribution in [-0.2, 0) is 20.0 Å². The second-order valence-corrected chi connectivity index (χ2v) is 12.9. The summed E-state index contributed by atoms with van der Waals surface area (Å²) in [5.41, 5.74) is 2.05. The fourth-order valence-electron chi connectivity index (χ4n) is 4.84. The third-order valence-electron chi connectivity index (χ3n) is 8.26. The minimum Gasteiger partial charge on any atom is -0.352 e. The molecule has 2 heterocycles. The number of carbonyl (C=O) groups excluding carboxylic acids is 1. The molecule has 6 nitrogen and oxygen atoms in total. The lowest BCUT2D eigenvalue weighted by molar-refractivity contribution is -0.128. The zero-order chi connectivity index (χ0) is 24.8. The summed E-state index contributed by atoms with van der Waals surface area (Å²) in [6, 6.07) is 10.2. The van der Waals surface area contributed by atoms with Crippen LogP contribution in [0.4, 0.5) is 0 Å². The lowest BCUT2D eigenvalue weighted by Gasteiger charge is -2.41. The van der Waals surface area contributed by atoms with Crippen LogP contribution < -0.4 is 5.32 Å². The Balaban J connectivity index is 1.60. The minimum atomic E-state index is -2.84. The maximum Gasteiger partial charge on any atom is 0.231 e. The van der Waals surface area contributed by atoms with Crippen molar-refractivity contribution >= 4 is 15.7 Å². The van der Waals surface area contributed by atoms with Gasteiger partial charge in [0.2, 0.25) is 5.91 Å². The third kappa shape index (κ3) is 6.70. The molecule has 7 heteroatoms. The summed E-state index contributed by atoms with van der Waals surface area (Å²) >= 11 is 0. The quantitative estimate of drug-likeness (QED) is 0.539. The van der Waals surface area contributed by atoms with Gasteiger partial charge in [-0.3, -0.25) is 4.79 Å². The van der Waals surface area contributed by atoms with Crippen molar-refractivity contribution in [3.8, 4) is 0 Å². The van der Waals surface area contributed by atoms with Crippen LogP contribution in [0.1, 0.15) is 52.5 Å². The van der Waals surface area contributed by atoms with E-state index >= 15 is 0 Å². The maximum absolute atomic E-state index is 13.6. The zero-order valence-corrected chi connectivity index (χ0v) is 22.3.